The normalized spacial score (nSPS) is 41.9. The summed E-state index contributed by atoms with van der Waals surface area (Å²) in [6.07, 6.45) is 14.1. The van der Waals surface area contributed by atoms with E-state index in [1.165, 1.54) is 56.2 Å². The molecule has 0 spiro atoms. The largest absolute Gasteiger partial charge is 0.378 e. The van der Waals surface area contributed by atoms with Gasteiger partial charge in [-0.15, -0.1) is 0 Å². The second kappa shape index (κ2) is 7.24. The first kappa shape index (κ1) is 20.3. The maximum Gasteiger partial charge on any atom is 0.165 e. The van der Waals surface area contributed by atoms with Crippen molar-refractivity contribution in [2.45, 2.75) is 71.6 Å². The van der Waals surface area contributed by atoms with Crippen molar-refractivity contribution in [2.75, 3.05) is 19.0 Å². The number of carbonyl (C=O) groups excluding carboxylic acids is 1. The van der Waals surface area contributed by atoms with Crippen molar-refractivity contribution in [1.82, 2.24) is 0 Å². The van der Waals surface area contributed by atoms with Crippen LogP contribution in [0.4, 0.5) is 5.69 Å². The van der Waals surface area contributed by atoms with Gasteiger partial charge in [-0.2, -0.15) is 0 Å². The number of Topliss-reactive ketones (excluding diaryl/α,β-unsaturated/α-hetero) is 1. The summed E-state index contributed by atoms with van der Waals surface area (Å²) in [5.41, 5.74) is 3.90. The number of rotatable bonds is 2. The van der Waals surface area contributed by atoms with Crippen molar-refractivity contribution in [1.29, 1.82) is 0 Å². The molecule has 0 saturated heterocycles. The molecule has 0 radical (unpaired) electrons. The fraction of sp³-hybridized carbons (Fsp3) is 0.679. The Bertz CT molecular complexity index is 852. The highest BCUT2D eigenvalue weighted by Crippen LogP contribution is 2.66. The number of anilines is 1. The molecule has 4 saturated carbocycles. The third-order valence-electron chi connectivity index (χ3n) is 9.97. The Kier molecular flexibility index (Phi) is 4.91. The molecule has 4 fully saturated rings. The number of ketones is 1. The molecular formula is C28H39NO. The lowest BCUT2D eigenvalue weighted by molar-refractivity contribution is -0.137. The van der Waals surface area contributed by atoms with Crippen LogP contribution in [-0.2, 0) is 4.79 Å². The van der Waals surface area contributed by atoms with Crippen LogP contribution in [0.2, 0.25) is 0 Å². The highest BCUT2D eigenvalue weighted by molar-refractivity contribution is 6.06. The van der Waals surface area contributed by atoms with E-state index in [1.807, 2.05) is 0 Å². The first-order chi connectivity index (χ1) is 14.3. The van der Waals surface area contributed by atoms with Gasteiger partial charge in [0.2, 0.25) is 0 Å². The summed E-state index contributed by atoms with van der Waals surface area (Å²) < 4.78 is 0. The average molecular weight is 406 g/mol. The Balaban J connectivity index is 1.42. The number of hydrogen-bond donors (Lipinski definition) is 0. The van der Waals surface area contributed by atoms with Gasteiger partial charge in [0.05, 0.1) is 0 Å². The third kappa shape index (κ3) is 3.00. The minimum absolute atomic E-state index is 0.117. The standard InChI is InChI=1S/C28H39NO/c1-27-15-6-5-7-21(27)10-13-23-24(27)14-16-28(2)25(23)18-20(26(28)30)17-19-8-11-22(12-9-19)29(3)4/h8-9,11-12,17,21,23-25H,5-7,10,13-16,18H2,1-4H3/b20-17+/t21-,23+,24+,25+,27-,28-/m0/s1. The molecule has 0 bridgehead atoms. The molecule has 4 aliphatic carbocycles. The molecule has 30 heavy (non-hydrogen) atoms. The Labute approximate surface area is 183 Å². The summed E-state index contributed by atoms with van der Waals surface area (Å²) in [5.74, 6) is 3.57. The molecule has 162 valence electrons. The average Bonchev–Trinajstić information content (AvgIpc) is 2.98. The monoisotopic (exact) mass is 405 g/mol. The summed E-state index contributed by atoms with van der Waals surface area (Å²) >= 11 is 0. The van der Waals surface area contributed by atoms with Gasteiger partial charge in [-0.3, -0.25) is 4.79 Å². The van der Waals surface area contributed by atoms with Crippen LogP contribution in [0.5, 0.6) is 0 Å². The van der Waals surface area contributed by atoms with Crippen LogP contribution < -0.4 is 4.90 Å². The summed E-state index contributed by atoms with van der Waals surface area (Å²) in [5, 5.41) is 0. The predicted octanol–water partition coefficient (Wildman–Crippen LogP) is 6.75. The van der Waals surface area contributed by atoms with Gasteiger partial charge in [-0.25, -0.2) is 0 Å². The lowest BCUT2D eigenvalue weighted by Crippen LogP contribution is -2.52. The quantitative estimate of drug-likeness (QED) is 0.507. The highest BCUT2D eigenvalue weighted by atomic mass is 16.1. The summed E-state index contributed by atoms with van der Waals surface area (Å²) in [4.78, 5) is 15.7. The molecule has 0 aliphatic heterocycles. The van der Waals surface area contributed by atoms with E-state index >= 15 is 0 Å². The minimum atomic E-state index is -0.117. The minimum Gasteiger partial charge on any atom is -0.378 e. The molecule has 0 heterocycles. The van der Waals surface area contributed by atoms with E-state index in [2.05, 4.69) is 63.2 Å². The third-order valence-corrected chi connectivity index (χ3v) is 9.97. The highest BCUT2D eigenvalue weighted by Gasteiger charge is 2.60. The van der Waals surface area contributed by atoms with Crippen molar-refractivity contribution in [3.05, 3.63) is 35.4 Å². The van der Waals surface area contributed by atoms with E-state index in [0.717, 1.165) is 36.2 Å². The van der Waals surface area contributed by atoms with Crippen LogP contribution in [0, 0.1) is 34.5 Å². The van der Waals surface area contributed by atoms with Crippen LogP contribution in [0.3, 0.4) is 0 Å². The Morgan fingerprint density at radius 3 is 2.43 bits per heavy atom. The van der Waals surface area contributed by atoms with Gasteiger partial charge in [0, 0.05) is 25.2 Å². The number of allylic oxidation sites excluding steroid dienone is 1. The Hall–Kier alpha value is -1.57. The van der Waals surface area contributed by atoms with E-state index in [9.17, 15) is 4.79 Å². The Morgan fingerprint density at radius 1 is 0.933 bits per heavy atom. The molecule has 4 aliphatic rings. The van der Waals surface area contributed by atoms with E-state index in [0.29, 0.717) is 17.1 Å². The van der Waals surface area contributed by atoms with Crippen LogP contribution in [0.1, 0.15) is 77.2 Å². The molecule has 2 heteroatoms. The molecule has 5 rings (SSSR count). The van der Waals surface area contributed by atoms with Gasteiger partial charge < -0.3 is 4.90 Å². The van der Waals surface area contributed by atoms with Crippen molar-refractivity contribution < 1.29 is 4.79 Å². The van der Waals surface area contributed by atoms with Gasteiger partial charge in [0.15, 0.2) is 5.78 Å². The second-order valence-electron chi connectivity index (χ2n) is 11.5. The number of fused-ring (bicyclic) bond motifs is 5. The molecule has 0 N–H and O–H groups in total. The van der Waals surface area contributed by atoms with E-state index in [1.54, 1.807) is 0 Å². The van der Waals surface area contributed by atoms with Crippen molar-refractivity contribution in [3.63, 3.8) is 0 Å². The number of nitrogens with zero attached hydrogens (tertiary/aromatic N) is 1. The smallest absolute Gasteiger partial charge is 0.165 e. The van der Waals surface area contributed by atoms with E-state index in [-0.39, 0.29) is 5.41 Å². The van der Waals surface area contributed by atoms with Crippen molar-refractivity contribution >= 4 is 17.5 Å². The van der Waals surface area contributed by atoms with Crippen LogP contribution in [-0.4, -0.2) is 19.9 Å². The zero-order chi connectivity index (χ0) is 21.1. The van der Waals surface area contributed by atoms with Gasteiger partial charge in [-0.1, -0.05) is 38.8 Å². The molecular weight excluding hydrogens is 366 g/mol. The zero-order valence-corrected chi connectivity index (χ0v) is 19.4. The SMILES string of the molecule is CN(C)c1ccc(/C=C2\C[C@@H]3[C@@H]4CC[C@@H]5CCCC[C@]5(C)[C@@H]4CC[C@]3(C)C2=O)cc1. The van der Waals surface area contributed by atoms with Crippen molar-refractivity contribution in [3.8, 4) is 0 Å². The lowest BCUT2D eigenvalue weighted by Gasteiger charge is -2.59. The van der Waals surface area contributed by atoms with Gasteiger partial charge >= 0.3 is 0 Å². The molecule has 2 nitrogen and oxygen atoms in total. The van der Waals surface area contributed by atoms with Crippen LogP contribution >= 0.6 is 0 Å². The summed E-state index contributed by atoms with van der Waals surface area (Å²) in [6, 6.07) is 8.64. The number of benzene rings is 1. The van der Waals surface area contributed by atoms with Gasteiger partial charge in [0.25, 0.3) is 0 Å². The fourth-order valence-corrected chi connectivity index (χ4v) is 8.16. The molecule has 6 atom stereocenters. The van der Waals surface area contributed by atoms with E-state index in [4.69, 9.17) is 0 Å². The molecule has 1 aromatic rings. The zero-order valence-electron chi connectivity index (χ0n) is 19.4. The van der Waals surface area contributed by atoms with Crippen molar-refractivity contribution in [2.24, 2.45) is 34.5 Å². The topological polar surface area (TPSA) is 20.3 Å². The molecule has 0 amide bonds. The summed E-state index contributed by atoms with van der Waals surface area (Å²) in [7, 11) is 4.13. The maximum atomic E-state index is 13.6. The summed E-state index contributed by atoms with van der Waals surface area (Å²) in [6.45, 7) is 4.93. The fourth-order valence-electron chi connectivity index (χ4n) is 8.16. The lowest BCUT2D eigenvalue weighted by atomic mass is 9.45. The number of hydrogen-bond acceptors (Lipinski definition) is 2. The molecule has 0 aromatic heterocycles. The molecule has 1 aromatic carbocycles. The first-order valence-electron chi connectivity index (χ1n) is 12.4. The van der Waals surface area contributed by atoms with E-state index < -0.39 is 0 Å². The second-order valence-corrected chi connectivity index (χ2v) is 11.5. The van der Waals surface area contributed by atoms with Crippen LogP contribution in [0.15, 0.2) is 29.8 Å². The number of carbonyl (C=O) groups is 1. The van der Waals surface area contributed by atoms with Crippen LogP contribution in [0.25, 0.3) is 6.08 Å². The predicted molar refractivity (Wildman–Crippen MR) is 125 cm³/mol. The first-order valence-corrected chi connectivity index (χ1v) is 12.4. The van der Waals surface area contributed by atoms with Gasteiger partial charge in [-0.05, 0) is 103 Å². The van der Waals surface area contributed by atoms with Gasteiger partial charge in [0.1, 0.15) is 0 Å². The molecule has 0 unspecified atom stereocenters. The Morgan fingerprint density at radius 2 is 1.70 bits per heavy atom. The maximum absolute atomic E-state index is 13.6.